The van der Waals surface area contributed by atoms with Crippen molar-refractivity contribution < 1.29 is 27.8 Å². The summed E-state index contributed by atoms with van der Waals surface area (Å²) in [5.74, 6) is -0.0684. The molecule has 21 heavy (non-hydrogen) atoms. The lowest BCUT2D eigenvalue weighted by atomic mass is 10.0. The zero-order chi connectivity index (χ0) is 15.5. The zero-order valence-electron chi connectivity index (χ0n) is 11.0. The summed E-state index contributed by atoms with van der Waals surface area (Å²) in [5, 5.41) is 10.2. The predicted octanol–water partition coefficient (Wildman–Crippen LogP) is 3.07. The van der Waals surface area contributed by atoms with Crippen molar-refractivity contribution in [1.82, 2.24) is 4.98 Å². The van der Waals surface area contributed by atoms with Gasteiger partial charge in [0.25, 0.3) is 0 Å². The van der Waals surface area contributed by atoms with Crippen LogP contribution in [0.1, 0.15) is 17.2 Å². The lowest BCUT2D eigenvalue weighted by Gasteiger charge is -2.17. The smallest absolute Gasteiger partial charge is 0.495 e. The standard InChI is InChI=1S/C14H12F3NO3/c1-20-10-6-9(7-18-8-10)13(19)11-4-2-3-5-12(11)21-14(15,16)17/h2-8,13,19H,1H3. The number of rotatable bonds is 4. The molecule has 1 heterocycles. The molecule has 7 heteroatoms. The fraction of sp³-hybridized carbons (Fsp3) is 0.214. The summed E-state index contributed by atoms with van der Waals surface area (Å²) in [6.45, 7) is 0. The summed E-state index contributed by atoms with van der Waals surface area (Å²) in [4.78, 5) is 3.86. The van der Waals surface area contributed by atoms with Gasteiger partial charge >= 0.3 is 6.36 Å². The Kier molecular flexibility index (Phi) is 4.32. The minimum atomic E-state index is -4.83. The summed E-state index contributed by atoms with van der Waals surface area (Å²) in [6, 6.07) is 6.88. The second-order valence-electron chi connectivity index (χ2n) is 4.15. The molecule has 1 aromatic heterocycles. The maximum atomic E-state index is 12.4. The number of halogens is 3. The molecule has 0 saturated heterocycles. The van der Waals surface area contributed by atoms with Crippen molar-refractivity contribution >= 4 is 0 Å². The second-order valence-corrected chi connectivity index (χ2v) is 4.15. The third kappa shape index (κ3) is 3.85. The molecule has 0 fully saturated rings. The molecule has 1 atom stereocenters. The highest BCUT2D eigenvalue weighted by Crippen LogP contribution is 2.33. The number of aliphatic hydroxyl groups is 1. The number of pyridine rings is 1. The van der Waals surface area contributed by atoms with Crippen molar-refractivity contribution in [3.05, 3.63) is 53.9 Å². The van der Waals surface area contributed by atoms with E-state index in [1.54, 1.807) is 0 Å². The molecular weight excluding hydrogens is 287 g/mol. The van der Waals surface area contributed by atoms with Crippen LogP contribution in [0.5, 0.6) is 11.5 Å². The van der Waals surface area contributed by atoms with Crippen molar-refractivity contribution in [2.75, 3.05) is 7.11 Å². The van der Waals surface area contributed by atoms with E-state index in [0.29, 0.717) is 11.3 Å². The van der Waals surface area contributed by atoms with E-state index < -0.39 is 18.2 Å². The number of aromatic nitrogens is 1. The Morgan fingerprint density at radius 3 is 2.57 bits per heavy atom. The van der Waals surface area contributed by atoms with Crippen molar-refractivity contribution in [2.45, 2.75) is 12.5 Å². The second kappa shape index (κ2) is 6.01. The van der Waals surface area contributed by atoms with E-state index in [2.05, 4.69) is 9.72 Å². The van der Waals surface area contributed by atoms with E-state index >= 15 is 0 Å². The number of alkyl halides is 3. The van der Waals surface area contributed by atoms with Gasteiger partial charge in [-0.05, 0) is 12.1 Å². The van der Waals surface area contributed by atoms with Crippen molar-refractivity contribution in [3.63, 3.8) is 0 Å². The molecule has 0 spiro atoms. The van der Waals surface area contributed by atoms with E-state index in [-0.39, 0.29) is 5.56 Å². The summed E-state index contributed by atoms with van der Waals surface area (Å²) in [5.41, 5.74) is 0.289. The van der Waals surface area contributed by atoms with Gasteiger partial charge in [0.15, 0.2) is 0 Å². The van der Waals surface area contributed by atoms with Crippen molar-refractivity contribution in [2.24, 2.45) is 0 Å². The zero-order valence-corrected chi connectivity index (χ0v) is 11.0. The number of methoxy groups -OCH3 is 1. The van der Waals surface area contributed by atoms with Crippen LogP contribution < -0.4 is 9.47 Å². The quantitative estimate of drug-likeness (QED) is 0.942. The highest BCUT2D eigenvalue weighted by atomic mass is 19.4. The Morgan fingerprint density at radius 2 is 1.90 bits per heavy atom. The molecule has 0 saturated carbocycles. The SMILES string of the molecule is COc1cncc(C(O)c2ccccc2OC(F)(F)F)c1. The Hall–Kier alpha value is -2.28. The lowest BCUT2D eigenvalue weighted by molar-refractivity contribution is -0.275. The first-order chi connectivity index (χ1) is 9.90. The van der Waals surface area contributed by atoms with Gasteiger partial charge in [0, 0.05) is 17.3 Å². The summed E-state index contributed by atoms with van der Waals surface area (Å²) in [6.07, 6.45) is -3.37. The highest BCUT2D eigenvalue weighted by molar-refractivity contribution is 5.41. The van der Waals surface area contributed by atoms with Crippen LogP contribution in [0.3, 0.4) is 0 Å². The Balaban J connectivity index is 2.36. The van der Waals surface area contributed by atoms with E-state index in [9.17, 15) is 18.3 Å². The molecule has 1 unspecified atom stereocenters. The van der Waals surface area contributed by atoms with E-state index in [0.717, 1.165) is 6.07 Å². The van der Waals surface area contributed by atoms with Gasteiger partial charge in [-0.25, -0.2) is 0 Å². The van der Waals surface area contributed by atoms with Crippen LogP contribution in [0, 0.1) is 0 Å². The molecule has 0 amide bonds. The fourth-order valence-electron chi connectivity index (χ4n) is 1.80. The molecule has 4 nitrogen and oxygen atoms in total. The minimum Gasteiger partial charge on any atom is -0.495 e. The molecule has 0 aliphatic heterocycles. The summed E-state index contributed by atoms with van der Waals surface area (Å²) >= 11 is 0. The van der Waals surface area contributed by atoms with Crippen LogP contribution in [-0.2, 0) is 0 Å². The van der Waals surface area contributed by atoms with Gasteiger partial charge in [-0.2, -0.15) is 0 Å². The molecule has 2 rings (SSSR count). The van der Waals surface area contributed by atoms with Gasteiger partial charge < -0.3 is 14.6 Å². The third-order valence-electron chi connectivity index (χ3n) is 2.73. The van der Waals surface area contributed by atoms with Gasteiger partial charge in [0.05, 0.1) is 13.3 Å². The van der Waals surface area contributed by atoms with Crippen LogP contribution >= 0.6 is 0 Å². The van der Waals surface area contributed by atoms with Gasteiger partial charge in [-0.3, -0.25) is 4.98 Å². The monoisotopic (exact) mass is 299 g/mol. The van der Waals surface area contributed by atoms with Crippen molar-refractivity contribution in [1.29, 1.82) is 0 Å². The topological polar surface area (TPSA) is 51.6 Å². The van der Waals surface area contributed by atoms with Crippen LogP contribution in [0.15, 0.2) is 42.7 Å². The first-order valence-electron chi connectivity index (χ1n) is 5.92. The van der Waals surface area contributed by atoms with Crippen LogP contribution in [-0.4, -0.2) is 23.6 Å². The average molecular weight is 299 g/mol. The maximum Gasteiger partial charge on any atom is 0.573 e. The minimum absolute atomic E-state index is 0.00937. The van der Waals surface area contributed by atoms with Crippen LogP contribution in [0.25, 0.3) is 0 Å². The van der Waals surface area contributed by atoms with E-state index in [1.165, 1.54) is 43.8 Å². The summed E-state index contributed by atoms with van der Waals surface area (Å²) < 4.78 is 46.0. The van der Waals surface area contributed by atoms with Gasteiger partial charge in [-0.1, -0.05) is 18.2 Å². The molecule has 0 aliphatic rings. The lowest BCUT2D eigenvalue weighted by Crippen LogP contribution is -2.18. The molecule has 0 radical (unpaired) electrons. The Morgan fingerprint density at radius 1 is 1.19 bits per heavy atom. The number of para-hydroxylation sites is 1. The first-order valence-corrected chi connectivity index (χ1v) is 5.92. The molecule has 0 bridgehead atoms. The number of hydrogen-bond donors (Lipinski definition) is 1. The first kappa shape index (κ1) is 15.1. The van der Waals surface area contributed by atoms with Crippen LogP contribution in [0.2, 0.25) is 0 Å². The maximum absolute atomic E-state index is 12.4. The number of hydrogen-bond acceptors (Lipinski definition) is 4. The predicted molar refractivity (Wildman–Crippen MR) is 68.0 cm³/mol. The number of ether oxygens (including phenoxy) is 2. The normalized spacial score (nSPS) is 12.8. The number of nitrogens with zero attached hydrogens (tertiary/aromatic N) is 1. The number of benzene rings is 1. The molecule has 1 aromatic carbocycles. The van der Waals surface area contributed by atoms with Gasteiger partial charge in [-0.15, -0.1) is 13.2 Å². The summed E-state index contributed by atoms with van der Waals surface area (Å²) in [7, 11) is 1.42. The molecular formula is C14H12F3NO3. The molecule has 1 N–H and O–H groups in total. The van der Waals surface area contributed by atoms with Gasteiger partial charge in [0.2, 0.25) is 0 Å². The molecule has 0 aliphatic carbocycles. The van der Waals surface area contributed by atoms with Crippen LogP contribution in [0.4, 0.5) is 13.2 Å². The van der Waals surface area contributed by atoms with E-state index in [1.807, 2.05) is 0 Å². The van der Waals surface area contributed by atoms with E-state index in [4.69, 9.17) is 4.74 Å². The van der Waals surface area contributed by atoms with Crippen molar-refractivity contribution in [3.8, 4) is 11.5 Å². The molecule has 112 valence electrons. The highest BCUT2D eigenvalue weighted by Gasteiger charge is 2.33. The van der Waals surface area contributed by atoms with Gasteiger partial charge in [0.1, 0.15) is 17.6 Å². The average Bonchev–Trinajstić information content (AvgIpc) is 2.45. The Labute approximate surface area is 118 Å². The number of aliphatic hydroxyl groups excluding tert-OH is 1. The Bertz CT molecular complexity index is 616. The molecule has 2 aromatic rings. The largest absolute Gasteiger partial charge is 0.573 e. The third-order valence-corrected chi connectivity index (χ3v) is 2.73. The fourth-order valence-corrected chi connectivity index (χ4v) is 1.80.